The molecule has 3 rings (SSSR count). The monoisotopic (exact) mass is 415 g/mol. The zero-order valence-electron chi connectivity index (χ0n) is 16.4. The second-order valence-corrected chi connectivity index (χ2v) is 5.92. The molecular formula is C19H18FN5O5. The van der Waals surface area contributed by atoms with E-state index in [0.717, 1.165) is 4.80 Å². The molecular weight excluding hydrogens is 397 g/mol. The van der Waals surface area contributed by atoms with E-state index in [1.165, 1.54) is 45.6 Å². The molecule has 30 heavy (non-hydrogen) atoms. The quantitative estimate of drug-likeness (QED) is 0.582. The van der Waals surface area contributed by atoms with Gasteiger partial charge in [-0.05, 0) is 17.3 Å². The van der Waals surface area contributed by atoms with Gasteiger partial charge in [0.15, 0.2) is 11.5 Å². The van der Waals surface area contributed by atoms with Crippen molar-refractivity contribution < 1.29 is 28.2 Å². The number of rotatable bonds is 7. The number of carbonyl (C=O) groups is 2. The zero-order chi connectivity index (χ0) is 21.7. The van der Waals surface area contributed by atoms with E-state index < -0.39 is 17.7 Å². The Kier molecular flexibility index (Phi) is 6.20. The molecule has 0 saturated heterocycles. The molecule has 0 aliphatic heterocycles. The van der Waals surface area contributed by atoms with Crippen molar-refractivity contribution in [3.8, 4) is 22.9 Å². The van der Waals surface area contributed by atoms with Crippen molar-refractivity contribution >= 4 is 17.6 Å². The van der Waals surface area contributed by atoms with Gasteiger partial charge in [0.05, 0.1) is 38.1 Å². The van der Waals surface area contributed by atoms with E-state index >= 15 is 0 Å². The lowest BCUT2D eigenvalue weighted by Gasteiger charge is -2.14. The number of nitrogens with zero attached hydrogens (tertiary/aromatic N) is 4. The Morgan fingerprint density at radius 2 is 1.80 bits per heavy atom. The van der Waals surface area contributed by atoms with Crippen LogP contribution in [0, 0.1) is 5.82 Å². The van der Waals surface area contributed by atoms with Crippen LogP contribution in [0.2, 0.25) is 0 Å². The van der Waals surface area contributed by atoms with Crippen molar-refractivity contribution in [2.24, 2.45) is 0 Å². The number of benzene rings is 2. The van der Waals surface area contributed by atoms with Crippen molar-refractivity contribution in [2.75, 3.05) is 26.6 Å². The minimum Gasteiger partial charge on any atom is -0.493 e. The first-order chi connectivity index (χ1) is 14.5. The molecule has 3 aromatic rings. The Balaban J connectivity index is 1.81. The summed E-state index contributed by atoms with van der Waals surface area (Å²) in [6.45, 7) is -0.323. The first kappa shape index (κ1) is 20.7. The van der Waals surface area contributed by atoms with Crippen LogP contribution in [0.3, 0.4) is 0 Å². The topological polar surface area (TPSA) is 117 Å². The molecule has 1 amide bonds. The Morgan fingerprint density at radius 1 is 1.10 bits per heavy atom. The highest BCUT2D eigenvalue weighted by molar-refractivity contribution is 6.02. The maximum absolute atomic E-state index is 13.9. The highest BCUT2D eigenvalue weighted by atomic mass is 19.1. The molecule has 0 aliphatic rings. The molecule has 0 bridgehead atoms. The summed E-state index contributed by atoms with van der Waals surface area (Å²) in [6.07, 6.45) is 0. The van der Waals surface area contributed by atoms with Gasteiger partial charge < -0.3 is 19.5 Å². The molecule has 0 radical (unpaired) electrons. The van der Waals surface area contributed by atoms with Gasteiger partial charge in [0.25, 0.3) is 0 Å². The van der Waals surface area contributed by atoms with Crippen molar-refractivity contribution in [3.63, 3.8) is 0 Å². The number of esters is 1. The summed E-state index contributed by atoms with van der Waals surface area (Å²) >= 11 is 0. The summed E-state index contributed by atoms with van der Waals surface area (Å²) in [5.74, 6) is -1.09. The predicted molar refractivity (Wildman–Crippen MR) is 103 cm³/mol. The molecule has 11 heteroatoms. The van der Waals surface area contributed by atoms with Gasteiger partial charge in [-0.25, -0.2) is 9.18 Å². The van der Waals surface area contributed by atoms with Crippen LogP contribution in [0.25, 0.3) is 11.4 Å². The highest BCUT2D eigenvalue weighted by Gasteiger charge is 2.20. The van der Waals surface area contributed by atoms with E-state index in [4.69, 9.17) is 14.2 Å². The van der Waals surface area contributed by atoms with Crippen molar-refractivity contribution in [2.45, 2.75) is 6.54 Å². The largest absolute Gasteiger partial charge is 0.493 e. The van der Waals surface area contributed by atoms with Crippen LogP contribution in [0.1, 0.15) is 10.4 Å². The molecule has 1 aromatic heterocycles. The van der Waals surface area contributed by atoms with Crippen LogP contribution in [-0.2, 0) is 16.1 Å². The third-order valence-corrected chi connectivity index (χ3v) is 4.06. The van der Waals surface area contributed by atoms with Gasteiger partial charge >= 0.3 is 5.97 Å². The number of ether oxygens (including phenoxy) is 3. The van der Waals surface area contributed by atoms with Gasteiger partial charge in [-0.1, -0.05) is 12.1 Å². The molecule has 0 spiro atoms. The number of tetrazole rings is 1. The highest BCUT2D eigenvalue weighted by Crippen LogP contribution is 2.33. The molecule has 0 saturated carbocycles. The van der Waals surface area contributed by atoms with E-state index in [2.05, 4.69) is 20.7 Å². The second-order valence-electron chi connectivity index (χ2n) is 5.92. The average molecular weight is 415 g/mol. The van der Waals surface area contributed by atoms with Gasteiger partial charge in [-0.2, -0.15) is 4.80 Å². The minimum atomic E-state index is -0.674. The van der Waals surface area contributed by atoms with E-state index in [1.54, 1.807) is 12.1 Å². The molecule has 0 unspecified atom stereocenters. The summed E-state index contributed by atoms with van der Waals surface area (Å²) < 4.78 is 29.0. The normalized spacial score (nSPS) is 10.4. The number of amides is 1. The summed E-state index contributed by atoms with van der Waals surface area (Å²) in [7, 11) is 4.06. The van der Waals surface area contributed by atoms with Gasteiger partial charge in [0, 0.05) is 12.1 Å². The number of hydrogen-bond acceptors (Lipinski definition) is 8. The lowest BCUT2D eigenvalue weighted by Crippen LogP contribution is -2.22. The van der Waals surface area contributed by atoms with Crippen LogP contribution in [-0.4, -0.2) is 53.4 Å². The lowest BCUT2D eigenvalue weighted by atomic mass is 10.1. The number of halogens is 1. The smallest absolute Gasteiger partial charge is 0.340 e. The summed E-state index contributed by atoms with van der Waals surface area (Å²) in [4.78, 5) is 25.6. The van der Waals surface area contributed by atoms with Crippen LogP contribution in [0.15, 0.2) is 36.4 Å². The predicted octanol–water partition coefficient (Wildman–Crippen LogP) is 1.92. The lowest BCUT2D eigenvalue weighted by molar-refractivity contribution is -0.117. The SMILES string of the molecule is COC(=O)c1cc(OC)c(OC)cc1NC(=O)Cn1nnc(-c2ccccc2F)n1. The molecule has 1 N–H and O–H groups in total. The Labute approximate surface area is 170 Å². The third kappa shape index (κ3) is 4.35. The number of aromatic nitrogens is 4. The van der Waals surface area contributed by atoms with E-state index in [-0.39, 0.29) is 29.2 Å². The fourth-order valence-corrected chi connectivity index (χ4v) is 2.64. The molecule has 2 aromatic carbocycles. The zero-order valence-corrected chi connectivity index (χ0v) is 16.4. The molecule has 0 atom stereocenters. The van der Waals surface area contributed by atoms with Gasteiger partial charge in [0.1, 0.15) is 12.4 Å². The Hall–Kier alpha value is -4.02. The molecule has 0 aliphatic carbocycles. The maximum Gasteiger partial charge on any atom is 0.340 e. The summed E-state index contributed by atoms with van der Waals surface area (Å²) in [5.41, 5.74) is 0.387. The summed E-state index contributed by atoms with van der Waals surface area (Å²) in [5, 5.41) is 14.1. The molecule has 1 heterocycles. The first-order valence-electron chi connectivity index (χ1n) is 8.63. The fourth-order valence-electron chi connectivity index (χ4n) is 2.64. The first-order valence-corrected chi connectivity index (χ1v) is 8.63. The fraction of sp³-hybridized carbons (Fsp3) is 0.211. The average Bonchev–Trinajstić information content (AvgIpc) is 3.21. The Bertz CT molecular complexity index is 1080. The number of carbonyl (C=O) groups excluding carboxylic acids is 2. The van der Waals surface area contributed by atoms with Gasteiger partial charge in [-0.15, -0.1) is 10.2 Å². The van der Waals surface area contributed by atoms with Crippen LogP contribution >= 0.6 is 0 Å². The molecule has 156 valence electrons. The third-order valence-electron chi connectivity index (χ3n) is 4.06. The summed E-state index contributed by atoms with van der Waals surface area (Å²) in [6, 6.07) is 8.78. The van der Waals surface area contributed by atoms with Crippen molar-refractivity contribution in [1.29, 1.82) is 0 Å². The van der Waals surface area contributed by atoms with Crippen molar-refractivity contribution in [1.82, 2.24) is 20.2 Å². The van der Waals surface area contributed by atoms with Crippen LogP contribution in [0.5, 0.6) is 11.5 Å². The van der Waals surface area contributed by atoms with Crippen LogP contribution < -0.4 is 14.8 Å². The van der Waals surface area contributed by atoms with Crippen molar-refractivity contribution in [3.05, 3.63) is 47.8 Å². The standard InChI is InChI=1S/C19H18FN5O5/c1-28-15-8-12(19(27)30-3)14(9-16(15)29-2)21-17(26)10-25-23-18(22-24-25)11-6-4-5-7-13(11)20/h4-9H,10H2,1-3H3,(H,21,26). The van der Waals surface area contributed by atoms with E-state index in [1.807, 2.05) is 0 Å². The minimum absolute atomic E-state index is 0.0438. The number of nitrogens with one attached hydrogen (secondary N) is 1. The second kappa shape index (κ2) is 8.99. The number of methoxy groups -OCH3 is 3. The Morgan fingerprint density at radius 3 is 2.47 bits per heavy atom. The maximum atomic E-state index is 13.9. The number of hydrogen-bond donors (Lipinski definition) is 1. The van der Waals surface area contributed by atoms with Crippen LogP contribution in [0.4, 0.5) is 10.1 Å². The van der Waals surface area contributed by atoms with Gasteiger partial charge in [0.2, 0.25) is 11.7 Å². The number of anilines is 1. The molecule has 0 fully saturated rings. The van der Waals surface area contributed by atoms with E-state index in [9.17, 15) is 14.0 Å². The molecule has 10 nitrogen and oxygen atoms in total. The van der Waals surface area contributed by atoms with Gasteiger partial charge in [-0.3, -0.25) is 4.79 Å². The van der Waals surface area contributed by atoms with E-state index in [0.29, 0.717) is 11.5 Å².